The van der Waals surface area contributed by atoms with E-state index in [4.69, 9.17) is 4.74 Å². The highest BCUT2D eigenvalue weighted by Gasteiger charge is 2.49. The minimum atomic E-state index is -0.721. The summed E-state index contributed by atoms with van der Waals surface area (Å²) in [6, 6.07) is 0. The van der Waals surface area contributed by atoms with Crippen LogP contribution < -0.4 is 0 Å². The van der Waals surface area contributed by atoms with Crippen molar-refractivity contribution < 1.29 is 14.6 Å². The second-order valence-corrected chi connectivity index (χ2v) is 5.12. The van der Waals surface area contributed by atoms with E-state index in [2.05, 4.69) is 6.58 Å². The van der Waals surface area contributed by atoms with E-state index in [1.54, 1.807) is 12.2 Å². The van der Waals surface area contributed by atoms with Gasteiger partial charge in [0, 0.05) is 5.92 Å². The van der Waals surface area contributed by atoms with Gasteiger partial charge in [-0.1, -0.05) is 38.2 Å². The maximum absolute atomic E-state index is 12.0. The normalized spacial score (nSPS) is 24.6. The summed E-state index contributed by atoms with van der Waals surface area (Å²) in [7, 11) is 0. The van der Waals surface area contributed by atoms with Crippen molar-refractivity contribution in [2.24, 2.45) is 5.92 Å². The number of hydrogen-bond donors (Lipinski definition) is 1. The molecular formula is C15H20O3. The van der Waals surface area contributed by atoms with Crippen LogP contribution in [0.5, 0.6) is 0 Å². The van der Waals surface area contributed by atoms with Gasteiger partial charge in [-0.3, -0.25) is 0 Å². The smallest absolute Gasteiger partial charge is 0.339 e. The molecule has 1 atom stereocenters. The Balaban J connectivity index is 2.29. The average Bonchev–Trinajstić information content (AvgIpc) is 2.59. The van der Waals surface area contributed by atoms with Crippen LogP contribution in [-0.2, 0) is 9.53 Å². The highest BCUT2D eigenvalue weighted by atomic mass is 16.6. The molecule has 98 valence electrons. The lowest BCUT2D eigenvalue weighted by Gasteiger charge is -2.31. The van der Waals surface area contributed by atoms with Crippen molar-refractivity contribution >= 4 is 5.97 Å². The minimum absolute atomic E-state index is 0.142. The van der Waals surface area contributed by atoms with Crippen LogP contribution in [0, 0.1) is 5.92 Å². The second kappa shape index (κ2) is 5.01. The predicted octanol–water partition coefficient (Wildman–Crippen LogP) is 3.44. The summed E-state index contributed by atoms with van der Waals surface area (Å²) >= 11 is 0. The second-order valence-electron chi connectivity index (χ2n) is 5.12. The molecule has 1 N–H and O–H groups in total. The summed E-state index contributed by atoms with van der Waals surface area (Å²) < 4.78 is 5.49. The maximum Gasteiger partial charge on any atom is 0.339 e. The van der Waals surface area contributed by atoms with Crippen molar-refractivity contribution in [2.75, 3.05) is 0 Å². The van der Waals surface area contributed by atoms with Crippen LogP contribution >= 0.6 is 0 Å². The fourth-order valence-corrected chi connectivity index (χ4v) is 2.83. The first-order chi connectivity index (χ1) is 8.60. The van der Waals surface area contributed by atoms with Gasteiger partial charge in [0.2, 0.25) is 0 Å². The predicted molar refractivity (Wildman–Crippen MR) is 70.1 cm³/mol. The molecule has 2 aliphatic rings. The zero-order valence-electron chi connectivity index (χ0n) is 10.8. The molecule has 3 nitrogen and oxygen atoms in total. The molecule has 2 rings (SSSR count). The standard InChI is InChI=1S/C15H20O3/c1-3-4-8-11(2)12-13(16)15(18-14(12)17)9-6-5-7-10-15/h3-4,8,11,16H,1,5-7,9-10H2,2H3/b8-4+. The third-order valence-corrected chi connectivity index (χ3v) is 3.85. The Labute approximate surface area is 108 Å². The van der Waals surface area contributed by atoms with Gasteiger partial charge in [-0.25, -0.2) is 4.79 Å². The van der Waals surface area contributed by atoms with Gasteiger partial charge in [0.15, 0.2) is 5.60 Å². The van der Waals surface area contributed by atoms with Crippen molar-refractivity contribution in [3.63, 3.8) is 0 Å². The molecule has 3 heteroatoms. The van der Waals surface area contributed by atoms with E-state index in [1.807, 2.05) is 13.0 Å². The molecule has 0 radical (unpaired) electrons. The number of carbonyl (C=O) groups excluding carboxylic acids is 1. The molecule has 0 bridgehead atoms. The zero-order valence-corrected chi connectivity index (χ0v) is 10.8. The van der Waals surface area contributed by atoms with Gasteiger partial charge in [0.25, 0.3) is 0 Å². The van der Waals surface area contributed by atoms with Crippen LogP contribution in [0.25, 0.3) is 0 Å². The Kier molecular flexibility index (Phi) is 3.60. The number of rotatable bonds is 3. The van der Waals surface area contributed by atoms with Crippen molar-refractivity contribution in [1.82, 2.24) is 0 Å². The molecule has 0 aromatic carbocycles. The molecule has 1 aliphatic carbocycles. The van der Waals surface area contributed by atoms with Gasteiger partial charge >= 0.3 is 5.97 Å². The molecule has 1 heterocycles. The van der Waals surface area contributed by atoms with Crippen molar-refractivity contribution in [1.29, 1.82) is 0 Å². The largest absolute Gasteiger partial charge is 0.507 e. The molecule has 0 amide bonds. The SMILES string of the molecule is C=C/C=C/C(C)C1=C(O)C2(CCCCC2)OC1=O. The van der Waals surface area contributed by atoms with E-state index in [0.717, 1.165) is 32.1 Å². The first kappa shape index (κ1) is 12.9. The topological polar surface area (TPSA) is 46.5 Å². The number of esters is 1. The zero-order chi connectivity index (χ0) is 13.2. The number of carbonyl (C=O) groups is 1. The molecular weight excluding hydrogens is 228 g/mol. The number of ether oxygens (including phenoxy) is 1. The van der Waals surface area contributed by atoms with Crippen molar-refractivity contribution in [3.05, 3.63) is 36.1 Å². The fourth-order valence-electron chi connectivity index (χ4n) is 2.83. The molecule has 18 heavy (non-hydrogen) atoms. The Morgan fingerprint density at radius 2 is 2.06 bits per heavy atom. The Morgan fingerprint density at radius 3 is 2.67 bits per heavy atom. The summed E-state index contributed by atoms with van der Waals surface area (Å²) in [6.07, 6.45) is 9.92. The molecule has 0 saturated heterocycles. The monoisotopic (exact) mass is 248 g/mol. The minimum Gasteiger partial charge on any atom is -0.507 e. The third kappa shape index (κ3) is 2.09. The van der Waals surface area contributed by atoms with E-state index in [1.165, 1.54) is 0 Å². The van der Waals surface area contributed by atoms with Crippen LogP contribution in [0.3, 0.4) is 0 Å². The third-order valence-electron chi connectivity index (χ3n) is 3.85. The lowest BCUT2D eigenvalue weighted by Crippen LogP contribution is -2.34. The van der Waals surface area contributed by atoms with Crippen LogP contribution in [0.2, 0.25) is 0 Å². The van der Waals surface area contributed by atoms with E-state index in [-0.39, 0.29) is 17.6 Å². The Bertz CT molecular complexity index is 411. The summed E-state index contributed by atoms with van der Waals surface area (Å²) in [5.41, 5.74) is -0.309. The lowest BCUT2D eigenvalue weighted by molar-refractivity contribution is -0.151. The van der Waals surface area contributed by atoms with Gasteiger partial charge < -0.3 is 9.84 Å². The fraction of sp³-hybridized carbons (Fsp3) is 0.533. The molecule has 1 saturated carbocycles. The highest BCUT2D eigenvalue weighted by Crippen LogP contribution is 2.44. The molecule has 0 aromatic rings. The number of aliphatic hydroxyl groups excluding tert-OH is 1. The van der Waals surface area contributed by atoms with Crippen molar-refractivity contribution in [2.45, 2.75) is 44.6 Å². The van der Waals surface area contributed by atoms with Crippen LogP contribution in [0.1, 0.15) is 39.0 Å². The molecule has 1 spiro atoms. The molecule has 0 aromatic heterocycles. The van der Waals surface area contributed by atoms with Gasteiger partial charge in [-0.05, 0) is 25.7 Å². The average molecular weight is 248 g/mol. The van der Waals surface area contributed by atoms with E-state index in [0.29, 0.717) is 5.57 Å². The van der Waals surface area contributed by atoms with Gasteiger partial charge in [0.05, 0.1) is 5.57 Å². The van der Waals surface area contributed by atoms with E-state index < -0.39 is 5.60 Å². The van der Waals surface area contributed by atoms with E-state index in [9.17, 15) is 9.90 Å². The Morgan fingerprint density at radius 1 is 1.39 bits per heavy atom. The van der Waals surface area contributed by atoms with Crippen LogP contribution in [0.15, 0.2) is 36.1 Å². The first-order valence-corrected chi connectivity index (χ1v) is 6.57. The number of allylic oxidation sites excluding steroid dienone is 3. The summed E-state index contributed by atoms with van der Waals surface area (Å²) in [6.45, 7) is 5.48. The van der Waals surface area contributed by atoms with Gasteiger partial charge in [-0.15, -0.1) is 0 Å². The van der Waals surface area contributed by atoms with Crippen molar-refractivity contribution in [3.8, 4) is 0 Å². The van der Waals surface area contributed by atoms with Gasteiger partial charge in [-0.2, -0.15) is 0 Å². The summed E-state index contributed by atoms with van der Waals surface area (Å²) in [5, 5.41) is 10.4. The molecule has 1 fully saturated rings. The Hall–Kier alpha value is -1.51. The number of aliphatic hydroxyl groups is 1. The summed E-state index contributed by atoms with van der Waals surface area (Å²) in [5.74, 6) is -0.346. The highest BCUT2D eigenvalue weighted by molar-refractivity contribution is 5.93. The quantitative estimate of drug-likeness (QED) is 0.614. The van der Waals surface area contributed by atoms with E-state index >= 15 is 0 Å². The molecule has 1 unspecified atom stereocenters. The van der Waals surface area contributed by atoms with Crippen LogP contribution in [0.4, 0.5) is 0 Å². The van der Waals surface area contributed by atoms with Crippen LogP contribution in [-0.4, -0.2) is 16.7 Å². The first-order valence-electron chi connectivity index (χ1n) is 6.57. The summed E-state index contributed by atoms with van der Waals surface area (Å²) in [4.78, 5) is 12.0. The molecule has 1 aliphatic heterocycles. The maximum atomic E-state index is 12.0. The lowest BCUT2D eigenvalue weighted by atomic mass is 9.82. The van der Waals surface area contributed by atoms with Gasteiger partial charge in [0.1, 0.15) is 5.76 Å². The number of hydrogen-bond acceptors (Lipinski definition) is 3.